The lowest BCUT2D eigenvalue weighted by Gasteiger charge is -2.18. The third kappa shape index (κ3) is 3.42. The molecule has 26 heavy (non-hydrogen) atoms. The number of amides is 2. The number of nitrogens with zero attached hydrogens (tertiary/aromatic N) is 2. The number of aliphatic carboxylic acids is 1. The quantitative estimate of drug-likeness (QED) is 0.772. The van der Waals surface area contributed by atoms with Crippen LogP contribution in [0.2, 0.25) is 0 Å². The smallest absolute Gasteiger partial charge is 0.319 e. The highest BCUT2D eigenvalue weighted by Gasteiger charge is 2.56. The van der Waals surface area contributed by atoms with E-state index in [4.69, 9.17) is 5.11 Å². The van der Waals surface area contributed by atoms with Crippen molar-refractivity contribution in [3.8, 4) is 0 Å². The van der Waals surface area contributed by atoms with E-state index in [1.807, 2.05) is 0 Å². The Bertz CT molecular complexity index is 830. The highest BCUT2D eigenvalue weighted by molar-refractivity contribution is 6.06. The number of nitrogens with one attached hydrogen (secondary N) is 1. The Morgan fingerprint density at radius 2 is 1.73 bits per heavy atom. The minimum absolute atomic E-state index is 0.148. The molecule has 0 bridgehead atoms. The highest BCUT2D eigenvalue weighted by Crippen LogP contribution is 2.46. The summed E-state index contributed by atoms with van der Waals surface area (Å²) < 4.78 is 0. The summed E-state index contributed by atoms with van der Waals surface area (Å²) in [7, 11) is 1.68. The van der Waals surface area contributed by atoms with Gasteiger partial charge in [-0.05, 0) is 42.7 Å². The van der Waals surface area contributed by atoms with Gasteiger partial charge in [-0.3, -0.25) is 19.4 Å². The Morgan fingerprint density at radius 1 is 1.12 bits per heavy atom. The number of aromatic nitrogens is 1. The van der Waals surface area contributed by atoms with E-state index in [-0.39, 0.29) is 12.5 Å². The molecule has 1 aliphatic rings. The van der Waals surface area contributed by atoms with Gasteiger partial charge >= 0.3 is 5.97 Å². The van der Waals surface area contributed by atoms with Crippen LogP contribution in [0.4, 0.5) is 5.69 Å². The van der Waals surface area contributed by atoms with Crippen molar-refractivity contribution in [1.29, 1.82) is 0 Å². The van der Waals surface area contributed by atoms with Gasteiger partial charge in [0, 0.05) is 37.2 Å². The average molecular weight is 353 g/mol. The summed E-state index contributed by atoms with van der Waals surface area (Å²) in [6.45, 7) is 0.246. The third-order valence-corrected chi connectivity index (χ3v) is 4.60. The molecule has 1 saturated carbocycles. The van der Waals surface area contributed by atoms with Crippen LogP contribution in [0.15, 0.2) is 48.8 Å². The molecule has 1 aromatic heterocycles. The van der Waals surface area contributed by atoms with Gasteiger partial charge in [-0.1, -0.05) is 12.1 Å². The van der Waals surface area contributed by atoms with Gasteiger partial charge in [-0.2, -0.15) is 0 Å². The Hall–Kier alpha value is -3.22. The van der Waals surface area contributed by atoms with E-state index in [2.05, 4.69) is 10.3 Å². The Kier molecular flexibility index (Phi) is 4.71. The molecule has 2 aromatic rings. The fourth-order valence-electron chi connectivity index (χ4n) is 2.66. The molecule has 0 spiro atoms. The molecule has 1 aromatic carbocycles. The summed E-state index contributed by atoms with van der Waals surface area (Å²) in [6, 6.07) is 10.5. The van der Waals surface area contributed by atoms with Crippen LogP contribution in [0.5, 0.6) is 0 Å². The molecule has 1 heterocycles. The number of carbonyl (C=O) groups excluding carboxylic acids is 2. The summed E-state index contributed by atoms with van der Waals surface area (Å²) >= 11 is 0. The molecule has 0 saturated heterocycles. The van der Waals surface area contributed by atoms with E-state index < -0.39 is 17.3 Å². The van der Waals surface area contributed by atoms with E-state index in [1.165, 1.54) is 4.90 Å². The number of pyridine rings is 1. The zero-order valence-electron chi connectivity index (χ0n) is 14.3. The van der Waals surface area contributed by atoms with Crippen molar-refractivity contribution >= 4 is 23.5 Å². The Balaban J connectivity index is 1.61. The van der Waals surface area contributed by atoms with Crippen LogP contribution in [0.1, 0.15) is 28.8 Å². The number of hydrogen-bond donors (Lipinski definition) is 2. The van der Waals surface area contributed by atoms with Crippen molar-refractivity contribution in [1.82, 2.24) is 10.3 Å². The van der Waals surface area contributed by atoms with Crippen LogP contribution < -0.4 is 10.2 Å². The monoisotopic (exact) mass is 353 g/mol. The molecule has 7 heteroatoms. The molecule has 1 aliphatic carbocycles. The molecule has 7 nitrogen and oxygen atoms in total. The number of carboxylic acid groups (broad SMARTS) is 1. The normalized spacial score (nSPS) is 14.3. The Labute approximate surface area is 150 Å². The second-order valence-corrected chi connectivity index (χ2v) is 6.34. The third-order valence-electron chi connectivity index (χ3n) is 4.60. The van der Waals surface area contributed by atoms with E-state index in [0.29, 0.717) is 24.1 Å². The van der Waals surface area contributed by atoms with Crippen molar-refractivity contribution in [2.75, 3.05) is 11.9 Å². The topological polar surface area (TPSA) is 99.6 Å². The van der Waals surface area contributed by atoms with Crippen molar-refractivity contribution in [3.63, 3.8) is 0 Å². The van der Waals surface area contributed by atoms with Gasteiger partial charge in [0.15, 0.2) is 0 Å². The zero-order valence-corrected chi connectivity index (χ0v) is 14.3. The lowest BCUT2D eigenvalue weighted by molar-refractivity contribution is -0.149. The van der Waals surface area contributed by atoms with E-state index >= 15 is 0 Å². The maximum Gasteiger partial charge on any atom is 0.319 e. The summed E-state index contributed by atoms with van der Waals surface area (Å²) in [4.78, 5) is 41.0. The van der Waals surface area contributed by atoms with Crippen LogP contribution in [-0.4, -0.2) is 34.9 Å². The predicted molar refractivity (Wildman–Crippen MR) is 94.6 cm³/mol. The van der Waals surface area contributed by atoms with Crippen molar-refractivity contribution in [2.45, 2.75) is 19.4 Å². The fourth-order valence-corrected chi connectivity index (χ4v) is 2.66. The van der Waals surface area contributed by atoms with Gasteiger partial charge in [-0.25, -0.2) is 0 Å². The fraction of sp³-hybridized carbons (Fsp3) is 0.263. The minimum Gasteiger partial charge on any atom is -0.480 e. The van der Waals surface area contributed by atoms with Gasteiger partial charge in [0.05, 0.1) is 0 Å². The van der Waals surface area contributed by atoms with Crippen LogP contribution in [0.3, 0.4) is 0 Å². The number of anilines is 1. The molecule has 2 amide bonds. The summed E-state index contributed by atoms with van der Waals surface area (Å²) in [6.07, 6.45) is 3.90. The van der Waals surface area contributed by atoms with Gasteiger partial charge in [0.1, 0.15) is 5.41 Å². The average Bonchev–Trinajstić information content (AvgIpc) is 3.48. The largest absolute Gasteiger partial charge is 0.480 e. The van der Waals surface area contributed by atoms with Crippen LogP contribution in [-0.2, 0) is 16.1 Å². The molecule has 134 valence electrons. The minimum atomic E-state index is -1.24. The van der Waals surface area contributed by atoms with Crippen LogP contribution in [0, 0.1) is 5.41 Å². The summed E-state index contributed by atoms with van der Waals surface area (Å²) in [5.41, 5.74) is 0.846. The number of carboxylic acids is 1. The molecule has 0 radical (unpaired) electrons. The first-order valence-corrected chi connectivity index (χ1v) is 8.23. The van der Waals surface area contributed by atoms with Crippen molar-refractivity contribution < 1.29 is 19.5 Å². The summed E-state index contributed by atoms with van der Waals surface area (Å²) in [5.74, 6) is -1.66. The second-order valence-electron chi connectivity index (χ2n) is 6.34. The molecule has 1 fully saturated rings. The van der Waals surface area contributed by atoms with Gasteiger partial charge in [0.25, 0.3) is 5.91 Å². The standard InChI is InChI=1S/C19H19N3O4/c1-22(16(23)14-6-10-20-11-7-14)15-4-2-13(3-5-15)12-21-17(24)19(8-9-19)18(25)26/h2-7,10-11H,8-9,12H2,1H3,(H,21,24)(H,25,26). The first kappa shape index (κ1) is 17.6. The van der Waals surface area contributed by atoms with Crippen LogP contribution in [0.25, 0.3) is 0 Å². The highest BCUT2D eigenvalue weighted by atomic mass is 16.4. The second kappa shape index (κ2) is 6.95. The van der Waals surface area contributed by atoms with Crippen molar-refractivity contribution in [2.24, 2.45) is 5.41 Å². The Morgan fingerprint density at radius 3 is 2.27 bits per heavy atom. The molecule has 0 unspecified atom stereocenters. The molecule has 3 rings (SSSR count). The van der Waals surface area contributed by atoms with Gasteiger partial charge in [0.2, 0.25) is 5.91 Å². The number of rotatable bonds is 6. The van der Waals surface area contributed by atoms with E-state index in [1.54, 1.807) is 55.8 Å². The molecular formula is C19H19N3O4. The van der Waals surface area contributed by atoms with Crippen molar-refractivity contribution in [3.05, 3.63) is 59.9 Å². The predicted octanol–water partition coefficient (Wildman–Crippen LogP) is 1.84. The first-order valence-electron chi connectivity index (χ1n) is 8.23. The number of carbonyl (C=O) groups is 3. The number of benzene rings is 1. The lowest BCUT2D eigenvalue weighted by Crippen LogP contribution is -2.36. The molecular weight excluding hydrogens is 334 g/mol. The maximum atomic E-state index is 12.4. The van der Waals surface area contributed by atoms with E-state index in [0.717, 1.165) is 5.56 Å². The number of hydrogen-bond acceptors (Lipinski definition) is 4. The SMILES string of the molecule is CN(C(=O)c1ccncc1)c1ccc(CNC(=O)C2(C(=O)O)CC2)cc1. The first-order chi connectivity index (χ1) is 12.4. The lowest BCUT2D eigenvalue weighted by atomic mass is 10.1. The zero-order chi connectivity index (χ0) is 18.7. The summed E-state index contributed by atoms with van der Waals surface area (Å²) in [5, 5.41) is 11.8. The molecule has 0 atom stereocenters. The van der Waals surface area contributed by atoms with Gasteiger partial charge in [-0.15, -0.1) is 0 Å². The molecule has 0 aliphatic heterocycles. The van der Waals surface area contributed by atoms with Crippen LogP contribution >= 0.6 is 0 Å². The van der Waals surface area contributed by atoms with E-state index in [9.17, 15) is 14.4 Å². The maximum absolute atomic E-state index is 12.4. The molecule has 2 N–H and O–H groups in total. The van der Waals surface area contributed by atoms with Gasteiger partial charge < -0.3 is 15.3 Å².